The molecule has 2 N–H and O–H groups in total. The van der Waals surface area contributed by atoms with Gasteiger partial charge in [0.15, 0.2) is 0 Å². The van der Waals surface area contributed by atoms with Gasteiger partial charge in [0.2, 0.25) is 5.79 Å². The highest BCUT2D eigenvalue weighted by atomic mass is 19.1. The number of halogens is 1. The largest absolute Gasteiger partial charge is 0.490 e. The predicted octanol–water partition coefficient (Wildman–Crippen LogP) is 8.40. The minimum Gasteiger partial charge on any atom is -0.490 e. The van der Waals surface area contributed by atoms with E-state index in [0.717, 1.165) is 36.8 Å². The molecule has 3 aromatic rings. The standard InChI is InChI=1S/C46H54FN3O10/c1-4-24-57-36-20-21-41-39(27-36)43-37(11-7-9-23-52)33(10-6-8-22-51)26-38-40(48-59-30-32-14-18-35(19-15-32)50(54)55)28-42(46(60-41,44(38)43)58-25-5-2)49(45(53)56-3)29-31-12-16-34(47)17-13-31/h4-5,12-21,26-27,33,37,42-44,51-52H,1-2,6-11,22-25,28-30H2,3H3/t33-,37+,42-,43+,44+,46+/m0/s1. The number of carbonyl (C=O) groups excluding carboxylic acids is 1. The fraction of sp³-hybridized carbons (Fsp3) is 0.435. The Hall–Kier alpha value is -5.57. The number of non-ortho nitro benzene ring substituents is 1. The van der Waals surface area contributed by atoms with Gasteiger partial charge in [-0.25, -0.2) is 9.18 Å². The number of allylic oxidation sites excluding steroid dienone is 1. The molecule has 6 atom stereocenters. The molecule has 13 nitrogen and oxygen atoms in total. The third kappa shape index (κ3) is 9.72. The number of aliphatic hydroxyl groups is 2. The van der Waals surface area contributed by atoms with Crippen molar-refractivity contribution in [2.24, 2.45) is 22.9 Å². The van der Waals surface area contributed by atoms with E-state index < -0.39 is 34.6 Å². The van der Waals surface area contributed by atoms with Crippen molar-refractivity contribution in [1.82, 2.24) is 4.90 Å². The van der Waals surface area contributed by atoms with Crippen molar-refractivity contribution >= 4 is 17.5 Å². The van der Waals surface area contributed by atoms with Gasteiger partial charge in [-0.15, -0.1) is 6.58 Å². The lowest BCUT2D eigenvalue weighted by Gasteiger charge is -2.59. The van der Waals surface area contributed by atoms with E-state index in [1.165, 1.54) is 36.3 Å². The molecular formula is C46H54FN3O10. The first kappa shape index (κ1) is 44.0. The minimum atomic E-state index is -1.54. The van der Waals surface area contributed by atoms with Gasteiger partial charge in [-0.2, -0.15) is 0 Å². The van der Waals surface area contributed by atoms with Crippen molar-refractivity contribution in [3.05, 3.63) is 136 Å². The van der Waals surface area contributed by atoms with E-state index in [1.54, 1.807) is 36.4 Å². The fourth-order valence-electron chi connectivity index (χ4n) is 9.00. The van der Waals surface area contributed by atoms with Crippen LogP contribution in [0.4, 0.5) is 14.9 Å². The number of methoxy groups -OCH3 is 1. The monoisotopic (exact) mass is 827 g/mol. The van der Waals surface area contributed by atoms with Crippen LogP contribution in [0.3, 0.4) is 0 Å². The fourth-order valence-corrected chi connectivity index (χ4v) is 9.00. The van der Waals surface area contributed by atoms with E-state index >= 15 is 0 Å². The average Bonchev–Trinajstić information content (AvgIpc) is 3.26. The Labute approximate surface area is 349 Å². The molecule has 3 aromatic carbocycles. The van der Waals surface area contributed by atoms with Crippen LogP contribution < -0.4 is 9.47 Å². The topological polar surface area (TPSA) is 162 Å². The quantitative estimate of drug-likeness (QED) is 0.0462. The number of rotatable bonds is 21. The van der Waals surface area contributed by atoms with E-state index in [9.17, 15) is 29.5 Å². The minimum absolute atomic E-state index is 0.000329. The number of nitro benzene ring substituents is 1. The third-order valence-electron chi connectivity index (χ3n) is 11.6. The van der Waals surface area contributed by atoms with Crippen LogP contribution in [-0.4, -0.2) is 77.2 Å². The number of nitro groups is 1. The van der Waals surface area contributed by atoms with Crippen molar-refractivity contribution < 1.29 is 48.1 Å². The van der Waals surface area contributed by atoms with Crippen LogP contribution in [0.5, 0.6) is 11.5 Å². The smallest absolute Gasteiger partial charge is 0.410 e. The molecule has 0 spiro atoms. The van der Waals surface area contributed by atoms with E-state index in [4.69, 9.17) is 28.9 Å². The van der Waals surface area contributed by atoms with Crippen LogP contribution >= 0.6 is 0 Å². The Morgan fingerprint density at radius 2 is 1.70 bits per heavy atom. The highest BCUT2D eigenvalue weighted by Gasteiger charge is 2.65. The summed E-state index contributed by atoms with van der Waals surface area (Å²) in [6.07, 6.45) is 9.22. The lowest BCUT2D eigenvalue weighted by molar-refractivity contribution is -0.384. The number of fused-ring (bicyclic) bond motifs is 2. The number of benzene rings is 3. The number of oxime groups is 1. The van der Waals surface area contributed by atoms with E-state index in [-0.39, 0.29) is 69.4 Å². The molecule has 0 saturated heterocycles. The predicted molar refractivity (Wildman–Crippen MR) is 223 cm³/mol. The van der Waals surface area contributed by atoms with Gasteiger partial charge in [0.05, 0.1) is 30.3 Å². The van der Waals surface area contributed by atoms with Gasteiger partial charge in [-0.05, 0) is 96.7 Å². The molecule has 1 amide bonds. The molecule has 0 bridgehead atoms. The summed E-state index contributed by atoms with van der Waals surface area (Å²) in [5.41, 5.74) is 3.52. The molecule has 1 aliphatic heterocycles. The number of hydrogen-bond acceptors (Lipinski definition) is 11. The molecule has 6 rings (SSSR count). The molecular weight excluding hydrogens is 774 g/mol. The first-order valence-electron chi connectivity index (χ1n) is 20.4. The number of hydrogen-bond donors (Lipinski definition) is 2. The number of amides is 1. The van der Waals surface area contributed by atoms with Crippen LogP contribution in [0.15, 0.2) is 109 Å². The van der Waals surface area contributed by atoms with E-state index in [1.807, 2.05) is 18.2 Å². The molecule has 1 heterocycles. The van der Waals surface area contributed by atoms with Gasteiger partial charge < -0.3 is 34.0 Å². The second-order valence-electron chi connectivity index (χ2n) is 15.3. The van der Waals surface area contributed by atoms with Gasteiger partial charge in [0.25, 0.3) is 5.69 Å². The van der Waals surface area contributed by atoms with Crippen molar-refractivity contribution in [3.8, 4) is 11.5 Å². The molecule has 2 aliphatic carbocycles. The zero-order chi connectivity index (χ0) is 42.6. The molecule has 0 unspecified atom stereocenters. The summed E-state index contributed by atoms with van der Waals surface area (Å²) in [4.78, 5) is 32.6. The van der Waals surface area contributed by atoms with Crippen LogP contribution in [-0.2, 0) is 27.5 Å². The Morgan fingerprint density at radius 3 is 2.37 bits per heavy atom. The highest BCUT2D eigenvalue weighted by Crippen LogP contribution is 2.62. The lowest BCUT2D eigenvalue weighted by atomic mass is 9.55. The molecule has 60 heavy (non-hydrogen) atoms. The summed E-state index contributed by atoms with van der Waals surface area (Å²) in [6.45, 7) is 8.26. The summed E-state index contributed by atoms with van der Waals surface area (Å²) in [7, 11) is 1.30. The second kappa shape index (κ2) is 20.6. The zero-order valence-corrected chi connectivity index (χ0v) is 34.0. The van der Waals surface area contributed by atoms with Gasteiger partial charge in [0.1, 0.15) is 36.6 Å². The van der Waals surface area contributed by atoms with Crippen molar-refractivity contribution in [1.29, 1.82) is 0 Å². The Bertz CT molecular complexity index is 2020. The SMILES string of the molecule is C=CCOc1ccc2c(c1)[C@H]1[C@H](CCCCO)[C@@H](CCCCO)C=C3C(=NOCc4ccc([N+](=O)[O-])cc4)C[C@H](N(Cc4ccc(F)cc4)C(=O)OC)[C@@](OCC=C)(O2)[C@H]31. The molecule has 1 saturated carbocycles. The number of nitrogens with zero attached hydrogens (tertiary/aromatic N) is 3. The maximum Gasteiger partial charge on any atom is 0.410 e. The van der Waals surface area contributed by atoms with Crippen LogP contribution in [0, 0.1) is 33.7 Å². The maximum absolute atomic E-state index is 14.2. The third-order valence-corrected chi connectivity index (χ3v) is 11.6. The molecule has 0 radical (unpaired) electrons. The summed E-state index contributed by atoms with van der Waals surface area (Å²) in [6, 6.07) is 16.7. The zero-order valence-electron chi connectivity index (χ0n) is 34.0. The van der Waals surface area contributed by atoms with Crippen molar-refractivity contribution in [2.45, 2.75) is 75.8 Å². The van der Waals surface area contributed by atoms with Gasteiger partial charge in [-0.3, -0.25) is 15.0 Å². The maximum atomic E-state index is 14.2. The Kier molecular flexibility index (Phi) is 15.1. The molecule has 1 fully saturated rings. The van der Waals surface area contributed by atoms with E-state index in [0.29, 0.717) is 41.2 Å². The summed E-state index contributed by atoms with van der Waals surface area (Å²) in [5.74, 6) is -1.68. The van der Waals surface area contributed by atoms with Gasteiger partial charge in [-0.1, -0.05) is 54.9 Å². The van der Waals surface area contributed by atoms with Gasteiger partial charge >= 0.3 is 6.09 Å². The van der Waals surface area contributed by atoms with Crippen molar-refractivity contribution in [2.75, 3.05) is 33.5 Å². The molecule has 0 aromatic heterocycles. The summed E-state index contributed by atoms with van der Waals surface area (Å²) in [5, 5.41) is 35.8. The highest BCUT2D eigenvalue weighted by molar-refractivity contribution is 6.03. The summed E-state index contributed by atoms with van der Waals surface area (Å²) < 4.78 is 39.8. The number of unbranched alkanes of at least 4 members (excludes halogenated alkanes) is 2. The molecule has 3 aliphatic rings. The molecule has 14 heteroatoms. The lowest BCUT2D eigenvalue weighted by Crippen LogP contribution is -2.70. The first-order valence-corrected chi connectivity index (χ1v) is 20.4. The second-order valence-corrected chi connectivity index (χ2v) is 15.3. The Morgan fingerprint density at radius 1 is 1.00 bits per heavy atom. The Balaban J connectivity index is 1.58. The molecule has 320 valence electrons. The first-order chi connectivity index (χ1) is 29.2. The van der Waals surface area contributed by atoms with Gasteiger partial charge in [0, 0.05) is 49.8 Å². The average molecular weight is 828 g/mol. The van der Waals surface area contributed by atoms with Crippen LogP contribution in [0.2, 0.25) is 0 Å². The number of aliphatic hydroxyl groups excluding tert-OH is 2. The summed E-state index contributed by atoms with van der Waals surface area (Å²) >= 11 is 0. The normalized spacial score (nSPS) is 23.3. The van der Waals surface area contributed by atoms with Crippen molar-refractivity contribution in [3.63, 3.8) is 0 Å². The van der Waals surface area contributed by atoms with Crippen LogP contribution in [0.25, 0.3) is 0 Å². The number of ether oxygens (including phenoxy) is 4. The number of carbonyl (C=O) groups is 1. The van der Waals surface area contributed by atoms with Crippen LogP contribution in [0.1, 0.15) is 67.6 Å². The van der Waals surface area contributed by atoms with E-state index in [2.05, 4.69) is 19.2 Å².